The fourth-order valence-corrected chi connectivity index (χ4v) is 2.50. The van der Waals surface area contributed by atoms with Crippen LogP contribution in [0.1, 0.15) is 30.3 Å². The molecule has 0 bridgehead atoms. The molecule has 1 saturated heterocycles. The van der Waals surface area contributed by atoms with Crippen LogP contribution in [0.15, 0.2) is 18.3 Å². The minimum absolute atomic E-state index is 0.246. The van der Waals surface area contributed by atoms with Gasteiger partial charge in [0.05, 0.1) is 5.41 Å². The van der Waals surface area contributed by atoms with E-state index in [1.807, 2.05) is 4.90 Å². The van der Waals surface area contributed by atoms with Crippen molar-refractivity contribution in [2.75, 3.05) is 25.0 Å². The maximum Gasteiger partial charge on any atom is 0.311 e. The molecular weight excluding hydrogens is 258 g/mol. The highest BCUT2D eigenvalue weighted by Crippen LogP contribution is 2.32. The van der Waals surface area contributed by atoms with Crippen molar-refractivity contribution >= 4 is 17.6 Å². The third-order valence-corrected chi connectivity index (χ3v) is 3.78. The molecule has 0 spiro atoms. The normalized spacial score (nSPS) is 22.4. The minimum atomic E-state index is -0.775. The highest BCUT2D eigenvalue weighted by molar-refractivity contribution is 5.92. The number of hydrogen-bond acceptors (Lipinski definition) is 4. The van der Waals surface area contributed by atoms with Crippen LogP contribution >= 0.6 is 0 Å². The lowest BCUT2D eigenvalue weighted by atomic mass is 9.82. The molecule has 6 nitrogen and oxygen atoms in total. The van der Waals surface area contributed by atoms with Crippen LogP contribution in [0.25, 0.3) is 0 Å². The molecule has 1 aromatic heterocycles. The number of nitrogens with zero attached hydrogens (tertiary/aromatic N) is 2. The van der Waals surface area contributed by atoms with Crippen molar-refractivity contribution in [2.24, 2.45) is 5.41 Å². The van der Waals surface area contributed by atoms with Gasteiger partial charge in [0.25, 0.3) is 5.91 Å². The standard InChI is InChI=1S/C14H19N3O3/c1-14(13(19)20)5-3-7-17(9-14)10-4-6-16-11(8-10)12(18)15-2/h4,6,8H,3,5,7,9H2,1-2H3,(H,15,18)(H,19,20). The summed E-state index contributed by atoms with van der Waals surface area (Å²) in [7, 11) is 1.55. The van der Waals surface area contributed by atoms with E-state index >= 15 is 0 Å². The van der Waals surface area contributed by atoms with E-state index < -0.39 is 11.4 Å². The number of carboxylic acids is 1. The predicted octanol–water partition coefficient (Wildman–Crippen LogP) is 1.13. The van der Waals surface area contributed by atoms with Crippen LogP contribution in [0.3, 0.4) is 0 Å². The van der Waals surface area contributed by atoms with E-state index in [-0.39, 0.29) is 5.91 Å². The summed E-state index contributed by atoms with van der Waals surface area (Å²) in [5.41, 5.74) is 0.438. The summed E-state index contributed by atoms with van der Waals surface area (Å²) < 4.78 is 0. The molecule has 1 aliphatic heterocycles. The van der Waals surface area contributed by atoms with Gasteiger partial charge in [0.1, 0.15) is 5.69 Å². The summed E-state index contributed by atoms with van der Waals surface area (Å²) >= 11 is 0. The van der Waals surface area contributed by atoms with E-state index in [4.69, 9.17) is 0 Å². The second kappa shape index (κ2) is 5.48. The van der Waals surface area contributed by atoms with Gasteiger partial charge >= 0.3 is 5.97 Å². The number of anilines is 1. The molecule has 1 amide bonds. The molecule has 1 aliphatic rings. The van der Waals surface area contributed by atoms with Gasteiger partial charge in [-0.3, -0.25) is 14.6 Å². The summed E-state index contributed by atoms with van der Waals surface area (Å²) in [5.74, 6) is -1.02. The maximum absolute atomic E-state index is 11.6. The Morgan fingerprint density at radius 2 is 2.25 bits per heavy atom. The van der Waals surface area contributed by atoms with Crippen LogP contribution in [0.2, 0.25) is 0 Å². The number of pyridine rings is 1. The number of carboxylic acid groups (broad SMARTS) is 1. The molecule has 1 unspecified atom stereocenters. The van der Waals surface area contributed by atoms with Crippen LogP contribution in [-0.2, 0) is 4.79 Å². The Morgan fingerprint density at radius 1 is 1.50 bits per heavy atom. The summed E-state index contributed by atoms with van der Waals surface area (Å²) in [6.45, 7) is 3.00. The van der Waals surface area contributed by atoms with Crippen molar-refractivity contribution in [1.82, 2.24) is 10.3 Å². The summed E-state index contributed by atoms with van der Waals surface area (Å²) in [6, 6.07) is 3.51. The zero-order chi connectivity index (χ0) is 14.8. The molecule has 108 valence electrons. The van der Waals surface area contributed by atoms with Crippen molar-refractivity contribution in [3.63, 3.8) is 0 Å². The van der Waals surface area contributed by atoms with Crippen molar-refractivity contribution in [3.8, 4) is 0 Å². The largest absolute Gasteiger partial charge is 0.481 e. The lowest BCUT2D eigenvalue weighted by molar-refractivity contribution is -0.148. The number of hydrogen-bond donors (Lipinski definition) is 2. The van der Waals surface area contributed by atoms with Crippen molar-refractivity contribution < 1.29 is 14.7 Å². The molecule has 0 aromatic carbocycles. The van der Waals surface area contributed by atoms with E-state index in [0.717, 1.165) is 18.7 Å². The lowest BCUT2D eigenvalue weighted by Crippen LogP contribution is -2.46. The fourth-order valence-electron chi connectivity index (χ4n) is 2.50. The van der Waals surface area contributed by atoms with E-state index in [1.165, 1.54) is 0 Å². The van der Waals surface area contributed by atoms with Gasteiger partial charge in [-0.15, -0.1) is 0 Å². The first-order chi connectivity index (χ1) is 9.46. The fraction of sp³-hybridized carbons (Fsp3) is 0.500. The number of rotatable bonds is 3. The Balaban J connectivity index is 2.23. The zero-order valence-corrected chi connectivity index (χ0v) is 11.7. The Hall–Kier alpha value is -2.11. The van der Waals surface area contributed by atoms with Crippen LogP contribution in [-0.4, -0.2) is 42.1 Å². The highest BCUT2D eigenvalue weighted by Gasteiger charge is 2.38. The molecule has 0 aliphatic carbocycles. The topological polar surface area (TPSA) is 82.5 Å². The zero-order valence-electron chi connectivity index (χ0n) is 11.7. The predicted molar refractivity (Wildman–Crippen MR) is 74.8 cm³/mol. The quantitative estimate of drug-likeness (QED) is 0.865. The first kappa shape index (κ1) is 14.3. The molecule has 2 rings (SSSR count). The van der Waals surface area contributed by atoms with E-state index in [9.17, 15) is 14.7 Å². The molecule has 1 fully saturated rings. The molecule has 6 heteroatoms. The van der Waals surface area contributed by atoms with Gasteiger partial charge in [0.2, 0.25) is 0 Å². The molecule has 1 atom stereocenters. The van der Waals surface area contributed by atoms with Crippen molar-refractivity contribution in [1.29, 1.82) is 0 Å². The number of carbonyl (C=O) groups is 2. The number of aromatic nitrogens is 1. The van der Waals surface area contributed by atoms with Crippen LogP contribution in [0.4, 0.5) is 5.69 Å². The Bertz CT molecular complexity index is 532. The number of carbonyl (C=O) groups excluding carboxylic acids is 1. The average molecular weight is 277 g/mol. The molecule has 2 N–H and O–H groups in total. The monoisotopic (exact) mass is 277 g/mol. The molecular formula is C14H19N3O3. The van der Waals surface area contributed by atoms with Crippen molar-refractivity contribution in [2.45, 2.75) is 19.8 Å². The smallest absolute Gasteiger partial charge is 0.311 e. The third-order valence-electron chi connectivity index (χ3n) is 3.78. The van der Waals surface area contributed by atoms with Gasteiger partial charge in [-0.25, -0.2) is 0 Å². The van der Waals surface area contributed by atoms with Crippen LogP contribution in [0.5, 0.6) is 0 Å². The van der Waals surface area contributed by atoms with Crippen molar-refractivity contribution in [3.05, 3.63) is 24.0 Å². The van der Waals surface area contributed by atoms with Crippen LogP contribution in [0, 0.1) is 5.41 Å². The summed E-state index contributed by atoms with van der Waals surface area (Å²) in [6.07, 6.45) is 3.07. The lowest BCUT2D eigenvalue weighted by Gasteiger charge is -2.38. The SMILES string of the molecule is CNC(=O)c1cc(N2CCCC(C)(C(=O)O)C2)ccn1. The number of nitrogens with one attached hydrogen (secondary N) is 1. The first-order valence-corrected chi connectivity index (χ1v) is 6.63. The highest BCUT2D eigenvalue weighted by atomic mass is 16.4. The molecule has 0 radical (unpaired) electrons. The van der Waals surface area contributed by atoms with E-state index in [1.54, 1.807) is 32.3 Å². The van der Waals surface area contributed by atoms with E-state index in [2.05, 4.69) is 10.3 Å². The number of aliphatic carboxylic acids is 1. The number of amides is 1. The molecule has 0 saturated carbocycles. The Morgan fingerprint density at radius 3 is 2.90 bits per heavy atom. The van der Waals surface area contributed by atoms with E-state index in [0.29, 0.717) is 18.7 Å². The summed E-state index contributed by atoms with van der Waals surface area (Å²) in [5, 5.41) is 11.9. The first-order valence-electron chi connectivity index (χ1n) is 6.63. The van der Waals surface area contributed by atoms with Gasteiger partial charge in [-0.1, -0.05) is 0 Å². The number of piperidine rings is 1. The van der Waals surface area contributed by atoms with Gasteiger partial charge in [-0.2, -0.15) is 0 Å². The van der Waals surface area contributed by atoms with Gasteiger partial charge in [0, 0.05) is 32.0 Å². The Kier molecular flexibility index (Phi) is 3.92. The second-order valence-corrected chi connectivity index (χ2v) is 5.37. The molecule has 20 heavy (non-hydrogen) atoms. The van der Waals surface area contributed by atoms with Gasteiger partial charge in [0.15, 0.2) is 0 Å². The summed E-state index contributed by atoms with van der Waals surface area (Å²) in [4.78, 5) is 29.0. The molecule has 2 heterocycles. The second-order valence-electron chi connectivity index (χ2n) is 5.37. The Labute approximate surface area is 117 Å². The average Bonchev–Trinajstić information content (AvgIpc) is 2.46. The third kappa shape index (κ3) is 2.74. The van der Waals surface area contributed by atoms with Gasteiger partial charge in [-0.05, 0) is 31.9 Å². The van der Waals surface area contributed by atoms with Gasteiger partial charge < -0.3 is 15.3 Å². The minimum Gasteiger partial charge on any atom is -0.481 e. The molecule has 1 aromatic rings. The van der Waals surface area contributed by atoms with Crippen LogP contribution < -0.4 is 10.2 Å². The maximum atomic E-state index is 11.6.